The first-order valence-electron chi connectivity index (χ1n) is 10.1. The number of benzene rings is 2. The lowest BCUT2D eigenvalue weighted by Gasteiger charge is -2.32. The summed E-state index contributed by atoms with van der Waals surface area (Å²) >= 11 is 0. The number of nitrogens with one attached hydrogen (secondary N) is 2. The van der Waals surface area contributed by atoms with Gasteiger partial charge in [-0.1, -0.05) is 60.7 Å². The van der Waals surface area contributed by atoms with Crippen molar-refractivity contribution < 1.29 is 4.79 Å². The second-order valence-corrected chi connectivity index (χ2v) is 7.58. The number of carbonyl (C=O) groups excluding carboxylic acids is 1. The van der Waals surface area contributed by atoms with Crippen LogP contribution < -0.4 is 10.6 Å². The Hall–Kier alpha value is -2.33. The van der Waals surface area contributed by atoms with E-state index < -0.39 is 0 Å². The van der Waals surface area contributed by atoms with Gasteiger partial charge in [0.1, 0.15) is 0 Å². The van der Waals surface area contributed by atoms with Crippen LogP contribution in [0.5, 0.6) is 0 Å². The fourth-order valence-corrected chi connectivity index (χ4v) is 3.63. The first-order chi connectivity index (χ1) is 13.2. The molecule has 4 nitrogen and oxygen atoms in total. The largest absolute Gasteiger partial charge is 0.336 e. The van der Waals surface area contributed by atoms with Crippen molar-refractivity contribution in [3.8, 4) is 0 Å². The van der Waals surface area contributed by atoms with Crippen molar-refractivity contribution >= 4 is 6.03 Å². The van der Waals surface area contributed by atoms with Gasteiger partial charge in [-0.25, -0.2) is 4.79 Å². The highest BCUT2D eigenvalue weighted by atomic mass is 16.2. The molecular weight excluding hydrogens is 334 g/mol. The predicted molar refractivity (Wildman–Crippen MR) is 111 cm³/mol. The molecule has 0 radical (unpaired) electrons. The third-order valence-electron chi connectivity index (χ3n) is 5.26. The summed E-state index contributed by atoms with van der Waals surface area (Å²) in [6.07, 6.45) is 3.96. The topological polar surface area (TPSA) is 44.4 Å². The summed E-state index contributed by atoms with van der Waals surface area (Å²) in [4.78, 5) is 14.7. The lowest BCUT2D eigenvalue weighted by atomic mass is 10.0. The van der Waals surface area contributed by atoms with Gasteiger partial charge in [-0.3, -0.25) is 4.90 Å². The molecule has 0 aliphatic carbocycles. The van der Waals surface area contributed by atoms with E-state index in [-0.39, 0.29) is 18.1 Å². The van der Waals surface area contributed by atoms with Crippen molar-refractivity contribution in [2.45, 2.75) is 51.2 Å². The zero-order chi connectivity index (χ0) is 18.9. The Bertz CT molecular complexity index is 681. The number of aryl methyl sites for hydroxylation is 1. The lowest BCUT2D eigenvalue weighted by Crippen LogP contribution is -2.49. The molecule has 0 aromatic heterocycles. The van der Waals surface area contributed by atoms with E-state index in [0.29, 0.717) is 0 Å². The van der Waals surface area contributed by atoms with Gasteiger partial charge in [0.05, 0.1) is 0 Å². The number of urea groups is 1. The van der Waals surface area contributed by atoms with Crippen molar-refractivity contribution in [2.24, 2.45) is 0 Å². The molecule has 0 bridgehead atoms. The van der Waals surface area contributed by atoms with Crippen molar-refractivity contribution in [1.29, 1.82) is 0 Å². The minimum Gasteiger partial charge on any atom is -0.336 e. The van der Waals surface area contributed by atoms with Crippen molar-refractivity contribution in [3.63, 3.8) is 0 Å². The van der Waals surface area contributed by atoms with Crippen LogP contribution in [0, 0.1) is 0 Å². The molecule has 1 fully saturated rings. The maximum Gasteiger partial charge on any atom is 0.315 e. The van der Waals surface area contributed by atoms with E-state index in [1.54, 1.807) is 0 Å². The zero-order valence-electron chi connectivity index (χ0n) is 16.2. The van der Waals surface area contributed by atoms with Crippen LogP contribution in [0.2, 0.25) is 0 Å². The molecule has 1 aliphatic rings. The van der Waals surface area contributed by atoms with Crippen LogP contribution in [-0.2, 0) is 13.0 Å². The summed E-state index contributed by atoms with van der Waals surface area (Å²) in [5, 5.41) is 6.24. The van der Waals surface area contributed by atoms with Gasteiger partial charge >= 0.3 is 6.03 Å². The molecular formula is C23H31N3O. The van der Waals surface area contributed by atoms with Crippen LogP contribution in [-0.4, -0.2) is 36.1 Å². The molecule has 2 aromatic rings. The average molecular weight is 366 g/mol. The minimum atomic E-state index is -0.0305. The van der Waals surface area contributed by atoms with E-state index in [9.17, 15) is 4.79 Å². The average Bonchev–Trinajstić information content (AvgIpc) is 2.69. The summed E-state index contributed by atoms with van der Waals surface area (Å²) in [5.74, 6) is 0. The van der Waals surface area contributed by atoms with Gasteiger partial charge in [0, 0.05) is 31.7 Å². The Kier molecular flexibility index (Phi) is 7.28. The van der Waals surface area contributed by atoms with Gasteiger partial charge in [-0.05, 0) is 43.7 Å². The van der Waals surface area contributed by atoms with Crippen molar-refractivity contribution in [1.82, 2.24) is 15.5 Å². The predicted octanol–water partition coefficient (Wildman–Crippen LogP) is 3.97. The quantitative estimate of drug-likeness (QED) is 0.780. The highest BCUT2D eigenvalue weighted by molar-refractivity contribution is 5.74. The van der Waals surface area contributed by atoms with Crippen LogP contribution in [0.25, 0.3) is 0 Å². The van der Waals surface area contributed by atoms with Crippen LogP contribution in [0.1, 0.15) is 37.3 Å². The van der Waals surface area contributed by atoms with Crippen LogP contribution in [0.3, 0.4) is 0 Å². The first-order valence-corrected chi connectivity index (χ1v) is 10.1. The molecule has 1 aliphatic heterocycles. The summed E-state index contributed by atoms with van der Waals surface area (Å²) in [6.45, 7) is 5.13. The minimum absolute atomic E-state index is 0.0305. The summed E-state index contributed by atoms with van der Waals surface area (Å²) in [6, 6.07) is 21.4. The molecule has 2 N–H and O–H groups in total. The van der Waals surface area contributed by atoms with Crippen LogP contribution in [0.15, 0.2) is 60.7 Å². The van der Waals surface area contributed by atoms with E-state index >= 15 is 0 Å². The maximum atomic E-state index is 12.3. The summed E-state index contributed by atoms with van der Waals surface area (Å²) < 4.78 is 0. The fourth-order valence-electron chi connectivity index (χ4n) is 3.63. The van der Waals surface area contributed by atoms with Gasteiger partial charge in [-0.2, -0.15) is 0 Å². The molecule has 2 amide bonds. The second kappa shape index (κ2) is 10.1. The van der Waals surface area contributed by atoms with E-state index in [0.717, 1.165) is 45.3 Å². The van der Waals surface area contributed by atoms with E-state index in [1.165, 1.54) is 11.1 Å². The molecule has 2 aromatic carbocycles. The highest BCUT2D eigenvalue weighted by Gasteiger charge is 2.21. The molecule has 0 spiro atoms. The molecule has 1 atom stereocenters. The standard InChI is InChI=1S/C23H31N3O/c1-19(12-13-20-8-4-2-5-9-20)24-23(27)25-22-14-16-26(17-15-22)18-21-10-6-3-7-11-21/h2-11,19,22H,12-18H2,1H3,(H2,24,25,27). The number of hydrogen-bond acceptors (Lipinski definition) is 2. The lowest BCUT2D eigenvalue weighted by molar-refractivity contribution is 0.185. The SMILES string of the molecule is CC(CCc1ccccc1)NC(=O)NC1CCN(Cc2ccccc2)CC1. The fraction of sp³-hybridized carbons (Fsp3) is 0.435. The smallest absolute Gasteiger partial charge is 0.315 e. The Labute approximate surface area is 163 Å². The monoisotopic (exact) mass is 365 g/mol. The Morgan fingerprint density at radius 1 is 1.00 bits per heavy atom. The Morgan fingerprint density at radius 3 is 2.22 bits per heavy atom. The molecule has 4 heteroatoms. The van der Waals surface area contributed by atoms with Crippen molar-refractivity contribution in [3.05, 3.63) is 71.8 Å². The van der Waals surface area contributed by atoms with Gasteiger partial charge in [0.15, 0.2) is 0 Å². The third kappa shape index (κ3) is 6.72. The summed E-state index contributed by atoms with van der Waals surface area (Å²) in [7, 11) is 0. The maximum absolute atomic E-state index is 12.3. The molecule has 3 rings (SSSR count). The molecule has 0 saturated carbocycles. The Balaban J connectivity index is 1.33. The Morgan fingerprint density at radius 2 is 1.59 bits per heavy atom. The normalized spacial score (nSPS) is 16.6. The number of hydrogen-bond donors (Lipinski definition) is 2. The van der Waals surface area contributed by atoms with E-state index in [1.807, 2.05) is 6.07 Å². The molecule has 1 saturated heterocycles. The zero-order valence-corrected chi connectivity index (χ0v) is 16.2. The second-order valence-electron chi connectivity index (χ2n) is 7.58. The number of amides is 2. The molecule has 144 valence electrons. The number of piperidine rings is 1. The van der Waals surface area contributed by atoms with Gasteiger partial charge < -0.3 is 10.6 Å². The van der Waals surface area contributed by atoms with Crippen LogP contribution >= 0.6 is 0 Å². The van der Waals surface area contributed by atoms with Crippen molar-refractivity contribution in [2.75, 3.05) is 13.1 Å². The number of carbonyl (C=O) groups is 1. The number of rotatable bonds is 7. The molecule has 1 unspecified atom stereocenters. The molecule has 1 heterocycles. The third-order valence-corrected chi connectivity index (χ3v) is 5.26. The highest BCUT2D eigenvalue weighted by Crippen LogP contribution is 2.14. The number of likely N-dealkylation sites (tertiary alicyclic amines) is 1. The van der Waals surface area contributed by atoms with Gasteiger partial charge in [0.25, 0.3) is 0 Å². The van der Waals surface area contributed by atoms with E-state index in [4.69, 9.17) is 0 Å². The van der Waals surface area contributed by atoms with Gasteiger partial charge in [0.2, 0.25) is 0 Å². The molecule has 27 heavy (non-hydrogen) atoms. The first kappa shape index (κ1) is 19.4. The van der Waals surface area contributed by atoms with Crippen LogP contribution in [0.4, 0.5) is 4.79 Å². The summed E-state index contributed by atoms with van der Waals surface area (Å²) in [5.41, 5.74) is 2.67. The number of nitrogens with zero attached hydrogens (tertiary/aromatic N) is 1. The van der Waals surface area contributed by atoms with E-state index in [2.05, 4.69) is 77.1 Å². The van der Waals surface area contributed by atoms with Gasteiger partial charge in [-0.15, -0.1) is 0 Å².